The maximum atomic E-state index is 5.64. The molecule has 0 aromatic carbocycles. The standard InChI is InChI=1S/C26H36N2O2/c1-17-5-8-23-22-7-6-19-16-20(27-29-14-11-21-15-18(2)30-28-21)9-12-26(19,4)24(22)10-13-25(17,23)3/h15-16,22-24H,1,5-14H2,2-4H3/t22?,23?,24?,25-,26+/m1/s1. The second-order valence-electron chi connectivity index (χ2n) is 10.7. The van der Waals surface area contributed by atoms with Crippen LogP contribution in [0.5, 0.6) is 0 Å². The van der Waals surface area contributed by atoms with Crippen LogP contribution in [0.15, 0.2) is 39.5 Å². The van der Waals surface area contributed by atoms with Gasteiger partial charge in [-0.2, -0.15) is 0 Å². The Kier molecular flexibility index (Phi) is 4.95. The molecule has 0 bridgehead atoms. The maximum Gasteiger partial charge on any atom is 0.133 e. The Bertz CT molecular complexity index is 897. The lowest BCUT2D eigenvalue weighted by Crippen LogP contribution is -2.49. The zero-order valence-electron chi connectivity index (χ0n) is 18.9. The average Bonchev–Trinajstić information content (AvgIpc) is 3.28. The van der Waals surface area contributed by atoms with Gasteiger partial charge in [-0.3, -0.25) is 0 Å². The van der Waals surface area contributed by atoms with E-state index in [-0.39, 0.29) is 0 Å². The Labute approximate surface area is 180 Å². The number of rotatable bonds is 4. The Morgan fingerprint density at radius 1 is 1.13 bits per heavy atom. The number of allylic oxidation sites excluding steroid dienone is 3. The fourth-order valence-electron chi connectivity index (χ4n) is 7.36. The summed E-state index contributed by atoms with van der Waals surface area (Å²) in [5, 5.41) is 8.49. The summed E-state index contributed by atoms with van der Waals surface area (Å²) in [6.07, 6.45) is 13.3. The summed E-state index contributed by atoms with van der Waals surface area (Å²) in [6, 6.07) is 1.96. The summed E-state index contributed by atoms with van der Waals surface area (Å²) in [5.74, 6) is 3.42. The minimum absolute atomic E-state index is 0.353. The molecule has 30 heavy (non-hydrogen) atoms. The van der Waals surface area contributed by atoms with Crippen LogP contribution < -0.4 is 0 Å². The molecule has 0 radical (unpaired) electrons. The van der Waals surface area contributed by atoms with Gasteiger partial charge < -0.3 is 9.36 Å². The van der Waals surface area contributed by atoms with Crippen LogP contribution in [-0.2, 0) is 11.3 Å². The molecule has 0 N–H and O–H groups in total. The van der Waals surface area contributed by atoms with Crippen molar-refractivity contribution in [2.75, 3.05) is 6.61 Å². The molecule has 3 unspecified atom stereocenters. The smallest absolute Gasteiger partial charge is 0.133 e. The van der Waals surface area contributed by atoms with E-state index >= 15 is 0 Å². The van der Waals surface area contributed by atoms with Gasteiger partial charge in [0.2, 0.25) is 0 Å². The van der Waals surface area contributed by atoms with Crippen molar-refractivity contribution in [1.82, 2.24) is 5.16 Å². The van der Waals surface area contributed by atoms with Crippen molar-refractivity contribution < 1.29 is 9.36 Å². The van der Waals surface area contributed by atoms with Crippen molar-refractivity contribution in [2.24, 2.45) is 33.7 Å². The lowest BCUT2D eigenvalue weighted by atomic mass is 9.47. The first-order valence-electron chi connectivity index (χ1n) is 11.9. The highest BCUT2D eigenvalue weighted by Crippen LogP contribution is 2.66. The molecular weight excluding hydrogens is 372 g/mol. The molecule has 0 saturated heterocycles. The molecule has 3 saturated carbocycles. The number of hydrogen-bond donors (Lipinski definition) is 0. The predicted octanol–water partition coefficient (Wildman–Crippen LogP) is 6.42. The summed E-state index contributed by atoms with van der Waals surface area (Å²) >= 11 is 0. The molecule has 4 aliphatic rings. The lowest BCUT2D eigenvalue weighted by Gasteiger charge is -2.57. The van der Waals surface area contributed by atoms with E-state index in [9.17, 15) is 0 Å². The van der Waals surface area contributed by atoms with Crippen LogP contribution in [0.4, 0.5) is 0 Å². The van der Waals surface area contributed by atoms with E-state index in [0.29, 0.717) is 17.4 Å². The van der Waals surface area contributed by atoms with Gasteiger partial charge in [-0.15, -0.1) is 0 Å². The zero-order valence-corrected chi connectivity index (χ0v) is 18.9. The number of fused-ring (bicyclic) bond motifs is 5. The highest BCUT2D eigenvalue weighted by molar-refractivity contribution is 5.96. The number of oxime groups is 1. The van der Waals surface area contributed by atoms with E-state index in [1.165, 1.54) is 50.5 Å². The van der Waals surface area contributed by atoms with E-state index < -0.39 is 0 Å². The van der Waals surface area contributed by atoms with E-state index in [1.54, 1.807) is 5.57 Å². The summed E-state index contributed by atoms with van der Waals surface area (Å²) < 4.78 is 5.11. The van der Waals surface area contributed by atoms with Gasteiger partial charge in [0, 0.05) is 12.5 Å². The molecule has 5 rings (SSSR count). The topological polar surface area (TPSA) is 47.6 Å². The molecule has 4 aliphatic carbocycles. The van der Waals surface area contributed by atoms with E-state index in [1.807, 2.05) is 13.0 Å². The van der Waals surface area contributed by atoms with Crippen molar-refractivity contribution in [3.63, 3.8) is 0 Å². The van der Waals surface area contributed by atoms with Gasteiger partial charge in [0.05, 0.1) is 11.4 Å². The molecule has 162 valence electrons. The summed E-state index contributed by atoms with van der Waals surface area (Å²) in [7, 11) is 0. The molecule has 1 aromatic rings. The van der Waals surface area contributed by atoms with Gasteiger partial charge in [0.1, 0.15) is 12.4 Å². The van der Waals surface area contributed by atoms with E-state index in [4.69, 9.17) is 9.36 Å². The highest BCUT2D eigenvalue weighted by atomic mass is 16.6. The average molecular weight is 409 g/mol. The number of aryl methyl sites for hydroxylation is 1. The molecule has 0 amide bonds. The molecule has 0 aliphatic heterocycles. The predicted molar refractivity (Wildman–Crippen MR) is 119 cm³/mol. The van der Waals surface area contributed by atoms with E-state index in [0.717, 1.165) is 47.8 Å². The Balaban J connectivity index is 1.26. The first-order chi connectivity index (χ1) is 14.4. The molecule has 0 spiro atoms. The van der Waals surface area contributed by atoms with Gasteiger partial charge in [0.15, 0.2) is 0 Å². The third kappa shape index (κ3) is 3.18. The van der Waals surface area contributed by atoms with Gasteiger partial charge in [0.25, 0.3) is 0 Å². The highest BCUT2D eigenvalue weighted by Gasteiger charge is 2.57. The Morgan fingerprint density at radius 2 is 1.97 bits per heavy atom. The second kappa shape index (κ2) is 7.39. The lowest BCUT2D eigenvalue weighted by molar-refractivity contribution is -0.0226. The monoisotopic (exact) mass is 408 g/mol. The van der Waals surface area contributed by atoms with Crippen LogP contribution in [0, 0.1) is 35.5 Å². The first kappa shape index (κ1) is 20.1. The Morgan fingerprint density at radius 3 is 2.77 bits per heavy atom. The maximum absolute atomic E-state index is 5.64. The minimum atomic E-state index is 0.353. The SMILES string of the molecule is C=C1CCC2C3CCC4=CC(=NOCCc5cc(C)on5)CC[C@]4(C)C3CC[C@]12C. The number of nitrogens with zero attached hydrogens (tertiary/aromatic N) is 2. The van der Waals surface area contributed by atoms with E-state index in [2.05, 4.69) is 36.8 Å². The second-order valence-corrected chi connectivity index (χ2v) is 10.7. The number of aromatic nitrogens is 1. The van der Waals surface area contributed by atoms with Crippen LogP contribution in [0.3, 0.4) is 0 Å². The van der Waals surface area contributed by atoms with Gasteiger partial charge in [-0.05, 0) is 93.0 Å². The minimum Gasteiger partial charge on any atom is -0.395 e. The molecule has 3 fully saturated rings. The van der Waals surface area contributed by atoms with Crippen molar-refractivity contribution >= 4 is 5.71 Å². The van der Waals surface area contributed by atoms with Crippen molar-refractivity contribution in [1.29, 1.82) is 0 Å². The largest absolute Gasteiger partial charge is 0.395 e. The molecule has 5 atom stereocenters. The number of hydrogen-bond acceptors (Lipinski definition) is 4. The third-order valence-electron chi connectivity index (χ3n) is 9.24. The molecular formula is C26H36N2O2. The van der Waals surface area contributed by atoms with Crippen LogP contribution in [0.25, 0.3) is 0 Å². The van der Waals surface area contributed by atoms with Crippen LogP contribution in [-0.4, -0.2) is 17.5 Å². The zero-order chi connectivity index (χ0) is 20.9. The van der Waals surface area contributed by atoms with Crippen LogP contribution in [0.1, 0.15) is 76.7 Å². The summed E-state index contributed by atoms with van der Waals surface area (Å²) in [6.45, 7) is 12.0. The normalized spacial score (nSPS) is 39.3. The fraction of sp³-hybridized carbons (Fsp3) is 0.692. The third-order valence-corrected chi connectivity index (χ3v) is 9.24. The van der Waals surface area contributed by atoms with Crippen molar-refractivity contribution in [3.05, 3.63) is 41.3 Å². The van der Waals surface area contributed by atoms with Crippen molar-refractivity contribution in [2.45, 2.75) is 78.6 Å². The van der Waals surface area contributed by atoms with Crippen LogP contribution >= 0.6 is 0 Å². The molecule has 4 heteroatoms. The summed E-state index contributed by atoms with van der Waals surface area (Å²) in [5.41, 5.74) is 5.98. The Hall–Kier alpha value is -1.84. The van der Waals surface area contributed by atoms with Gasteiger partial charge in [-0.25, -0.2) is 0 Å². The molecule has 4 nitrogen and oxygen atoms in total. The molecule has 1 heterocycles. The quantitative estimate of drug-likeness (QED) is 0.328. The fourth-order valence-corrected chi connectivity index (χ4v) is 7.36. The summed E-state index contributed by atoms with van der Waals surface area (Å²) in [4.78, 5) is 5.64. The van der Waals surface area contributed by atoms with Crippen molar-refractivity contribution in [3.8, 4) is 0 Å². The molecule has 1 aromatic heterocycles. The van der Waals surface area contributed by atoms with Gasteiger partial charge in [-0.1, -0.05) is 41.9 Å². The van der Waals surface area contributed by atoms with Gasteiger partial charge >= 0.3 is 0 Å². The first-order valence-corrected chi connectivity index (χ1v) is 11.9. The van der Waals surface area contributed by atoms with Crippen LogP contribution in [0.2, 0.25) is 0 Å².